The van der Waals surface area contributed by atoms with Gasteiger partial charge in [0.05, 0.1) is 11.2 Å². The van der Waals surface area contributed by atoms with Crippen molar-refractivity contribution in [1.29, 1.82) is 5.26 Å². The highest BCUT2D eigenvalue weighted by Gasteiger charge is 2.28. The zero-order valence-corrected chi connectivity index (χ0v) is 13.1. The van der Waals surface area contributed by atoms with E-state index in [-0.39, 0.29) is 11.1 Å². The third kappa shape index (κ3) is 2.33. The van der Waals surface area contributed by atoms with Crippen molar-refractivity contribution in [3.63, 3.8) is 0 Å². The van der Waals surface area contributed by atoms with Crippen LogP contribution in [0.4, 0.5) is 5.69 Å². The Kier molecular flexibility index (Phi) is 3.51. The number of nitriles is 1. The Morgan fingerprint density at radius 3 is 2.92 bits per heavy atom. The molecule has 1 N–H and O–H groups in total. The van der Waals surface area contributed by atoms with Gasteiger partial charge in [-0.2, -0.15) is 5.26 Å². The first-order chi connectivity index (χ1) is 11.8. The van der Waals surface area contributed by atoms with Gasteiger partial charge in [-0.25, -0.2) is 0 Å². The van der Waals surface area contributed by atoms with Gasteiger partial charge in [0.2, 0.25) is 0 Å². The largest absolute Gasteiger partial charge is 0.369 e. The molecular formula is C19H16N4O. The molecule has 1 atom stereocenters. The van der Waals surface area contributed by atoms with Gasteiger partial charge in [-0.1, -0.05) is 24.3 Å². The van der Waals surface area contributed by atoms with Gasteiger partial charge in [0.1, 0.15) is 11.6 Å². The molecule has 0 aliphatic carbocycles. The number of fused-ring (bicyclic) bond motifs is 1. The van der Waals surface area contributed by atoms with Crippen LogP contribution in [0.25, 0.3) is 10.9 Å². The van der Waals surface area contributed by atoms with E-state index in [1.54, 1.807) is 6.20 Å². The Morgan fingerprint density at radius 1 is 1.25 bits per heavy atom. The van der Waals surface area contributed by atoms with E-state index in [9.17, 15) is 10.1 Å². The minimum Gasteiger partial charge on any atom is -0.369 e. The van der Waals surface area contributed by atoms with Gasteiger partial charge in [-0.3, -0.25) is 9.78 Å². The minimum absolute atomic E-state index is 0.195. The number of nitrogens with zero attached hydrogens (tertiary/aromatic N) is 3. The van der Waals surface area contributed by atoms with Crippen molar-refractivity contribution in [3.8, 4) is 6.07 Å². The van der Waals surface area contributed by atoms with Gasteiger partial charge < -0.3 is 9.88 Å². The average molecular weight is 316 g/mol. The number of anilines is 1. The summed E-state index contributed by atoms with van der Waals surface area (Å²) < 4.78 is 0. The lowest BCUT2D eigenvalue weighted by Gasteiger charge is -2.21. The van der Waals surface area contributed by atoms with Crippen LogP contribution in [0.2, 0.25) is 0 Å². The molecule has 3 aromatic rings. The number of rotatable bonds is 2. The first-order valence-corrected chi connectivity index (χ1v) is 7.98. The lowest BCUT2D eigenvalue weighted by molar-refractivity contribution is 0.770. The smallest absolute Gasteiger partial charge is 0.268 e. The van der Waals surface area contributed by atoms with Crippen LogP contribution in [-0.2, 0) is 0 Å². The molecule has 1 saturated heterocycles. The number of hydrogen-bond donors (Lipinski definition) is 1. The first kappa shape index (κ1) is 14.5. The molecule has 3 heterocycles. The van der Waals surface area contributed by atoms with Crippen molar-refractivity contribution in [2.24, 2.45) is 0 Å². The second-order valence-corrected chi connectivity index (χ2v) is 6.05. The molecule has 0 radical (unpaired) electrons. The van der Waals surface area contributed by atoms with E-state index in [4.69, 9.17) is 0 Å². The van der Waals surface area contributed by atoms with Gasteiger partial charge >= 0.3 is 0 Å². The standard InChI is InChI=1S/C19H16N4O/c20-10-16-18(15-5-1-2-6-17(15)22-19(16)24)23-9-7-14(12-23)13-4-3-8-21-11-13/h1-6,8,11,14H,7,9,12H2,(H,22,24). The van der Waals surface area contributed by atoms with E-state index in [0.717, 1.165) is 36.1 Å². The van der Waals surface area contributed by atoms with Gasteiger partial charge in [0.15, 0.2) is 0 Å². The van der Waals surface area contributed by atoms with E-state index in [1.807, 2.05) is 36.5 Å². The van der Waals surface area contributed by atoms with Crippen LogP contribution in [0.1, 0.15) is 23.5 Å². The molecule has 0 amide bonds. The fourth-order valence-electron chi connectivity index (χ4n) is 3.51. The van der Waals surface area contributed by atoms with E-state index in [0.29, 0.717) is 5.92 Å². The third-order valence-electron chi connectivity index (χ3n) is 4.67. The predicted molar refractivity (Wildman–Crippen MR) is 93.1 cm³/mol. The van der Waals surface area contributed by atoms with Crippen LogP contribution in [0.15, 0.2) is 53.6 Å². The second kappa shape index (κ2) is 5.82. The Bertz CT molecular complexity index is 988. The molecule has 118 valence electrons. The van der Waals surface area contributed by atoms with Crippen molar-refractivity contribution < 1.29 is 0 Å². The lowest BCUT2D eigenvalue weighted by atomic mass is 10.0. The number of hydrogen-bond acceptors (Lipinski definition) is 4. The number of aromatic amines is 1. The second-order valence-electron chi connectivity index (χ2n) is 6.05. The molecule has 1 aliphatic rings. The number of para-hydroxylation sites is 1. The Labute approximate surface area is 139 Å². The molecule has 24 heavy (non-hydrogen) atoms. The Morgan fingerprint density at radius 2 is 2.12 bits per heavy atom. The summed E-state index contributed by atoms with van der Waals surface area (Å²) in [5, 5.41) is 10.4. The van der Waals surface area contributed by atoms with Crippen molar-refractivity contribution in [2.75, 3.05) is 18.0 Å². The van der Waals surface area contributed by atoms with E-state index < -0.39 is 0 Å². The fraction of sp³-hybridized carbons (Fsp3) is 0.211. The zero-order valence-electron chi connectivity index (χ0n) is 13.1. The van der Waals surface area contributed by atoms with Gasteiger partial charge in [0.25, 0.3) is 5.56 Å². The molecule has 4 rings (SSSR count). The van der Waals surface area contributed by atoms with E-state index in [2.05, 4.69) is 27.0 Å². The molecule has 1 aromatic carbocycles. The molecule has 0 spiro atoms. The highest BCUT2D eigenvalue weighted by atomic mass is 16.1. The van der Waals surface area contributed by atoms with E-state index >= 15 is 0 Å². The van der Waals surface area contributed by atoms with Crippen LogP contribution in [-0.4, -0.2) is 23.1 Å². The number of nitrogens with one attached hydrogen (secondary N) is 1. The monoisotopic (exact) mass is 316 g/mol. The molecule has 2 aromatic heterocycles. The molecule has 1 unspecified atom stereocenters. The summed E-state index contributed by atoms with van der Waals surface area (Å²) in [7, 11) is 0. The Hall–Kier alpha value is -3.13. The molecule has 0 saturated carbocycles. The summed E-state index contributed by atoms with van der Waals surface area (Å²) in [4.78, 5) is 21.4. The summed E-state index contributed by atoms with van der Waals surface area (Å²) in [6.45, 7) is 1.61. The highest BCUT2D eigenvalue weighted by molar-refractivity contribution is 5.94. The van der Waals surface area contributed by atoms with Crippen LogP contribution in [0.5, 0.6) is 0 Å². The molecule has 5 nitrogen and oxygen atoms in total. The lowest BCUT2D eigenvalue weighted by Crippen LogP contribution is -2.24. The number of H-pyrrole nitrogens is 1. The molecular weight excluding hydrogens is 300 g/mol. The maximum atomic E-state index is 12.3. The number of aromatic nitrogens is 2. The molecule has 5 heteroatoms. The fourth-order valence-corrected chi connectivity index (χ4v) is 3.51. The normalized spacial score (nSPS) is 17.1. The molecule has 1 fully saturated rings. The predicted octanol–water partition coefficient (Wildman–Crippen LogP) is 2.79. The van der Waals surface area contributed by atoms with Crippen LogP contribution < -0.4 is 10.5 Å². The SMILES string of the molecule is N#Cc1c(N2CCC(c3cccnc3)C2)c2ccccc2[nH]c1=O. The summed E-state index contributed by atoms with van der Waals surface area (Å²) in [6, 6.07) is 13.8. The van der Waals surface area contributed by atoms with Crippen LogP contribution in [0, 0.1) is 11.3 Å². The number of pyridine rings is 2. The van der Waals surface area contributed by atoms with Gasteiger partial charge in [-0.05, 0) is 24.1 Å². The molecule has 1 aliphatic heterocycles. The maximum Gasteiger partial charge on any atom is 0.268 e. The quantitative estimate of drug-likeness (QED) is 0.789. The summed E-state index contributed by atoms with van der Waals surface area (Å²) in [5.74, 6) is 0.364. The average Bonchev–Trinajstić information content (AvgIpc) is 3.11. The van der Waals surface area contributed by atoms with Crippen molar-refractivity contribution in [2.45, 2.75) is 12.3 Å². The summed E-state index contributed by atoms with van der Waals surface area (Å²) in [5.41, 5.74) is 2.59. The van der Waals surface area contributed by atoms with Crippen molar-refractivity contribution in [3.05, 3.63) is 70.3 Å². The number of benzene rings is 1. The molecule has 0 bridgehead atoms. The topological polar surface area (TPSA) is 72.8 Å². The third-order valence-corrected chi connectivity index (χ3v) is 4.67. The maximum absolute atomic E-state index is 12.3. The van der Waals surface area contributed by atoms with Gasteiger partial charge in [-0.15, -0.1) is 0 Å². The zero-order chi connectivity index (χ0) is 16.5. The van der Waals surface area contributed by atoms with Gasteiger partial charge in [0, 0.05) is 36.8 Å². The summed E-state index contributed by atoms with van der Waals surface area (Å²) >= 11 is 0. The van der Waals surface area contributed by atoms with Crippen molar-refractivity contribution in [1.82, 2.24) is 9.97 Å². The first-order valence-electron chi connectivity index (χ1n) is 7.98. The van der Waals surface area contributed by atoms with Crippen molar-refractivity contribution >= 4 is 16.6 Å². The highest BCUT2D eigenvalue weighted by Crippen LogP contribution is 2.34. The minimum atomic E-state index is -0.323. The summed E-state index contributed by atoms with van der Waals surface area (Å²) in [6.07, 6.45) is 4.65. The van der Waals surface area contributed by atoms with E-state index in [1.165, 1.54) is 5.56 Å². The Balaban J connectivity index is 1.80. The van der Waals surface area contributed by atoms with Crippen LogP contribution in [0.3, 0.4) is 0 Å². The van der Waals surface area contributed by atoms with Crippen LogP contribution >= 0.6 is 0 Å².